The lowest BCUT2D eigenvalue weighted by atomic mass is 9.94. The van der Waals surface area contributed by atoms with Crippen molar-refractivity contribution in [3.63, 3.8) is 0 Å². The minimum Gasteiger partial charge on any atom is -0.396 e. The van der Waals surface area contributed by atoms with Crippen molar-refractivity contribution in [1.82, 2.24) is 0 Å². The van der Waals surface area contributed by atoms with Crippen molar-refractivity contribution in [3.05, 3.63) is 0 Å². The summed E-state index contributed by atoms with van der Waals surface area (Å²) in [5, 5.41) is 18.7. The van der Waals surface area contributed by atoms with Gasteiger partial charge in [0.1, 0.15) is 0 Å². The van der Waals surface area contributed by atoms with Crippen LogP contribution in [0.4, 0.5) is 0 Å². The molecule has 2 heteroatoms. The van der Waals surface area contributed by atoms with Crippen LogP contribution < -0.4 is 0 Å². The lowest BCUT2D eigenvalue weighted by Crippen LogP contribution is -2.06. The first-order valence-corrected chi connectivity index (χ1v) is 11.0. The molecule has 2 N–H and O–H groups in total. The summed E-state index contributed by atoms with van der Waals surface area (Å²) in [7, 11) is 0. The molecule has 0 aromatic rings. The van der Waals surface area contributed by atoms with Gasteiger partial charge >= 0.3 is 0 Å². The maximum atomic E-state index is 9.53. The van der Waals surface area contributed by atoms with Crippen molar-refractivity contribution >= 4 is 0 Å². The van der Waals surface area contributed by atoms with Crippen molar-refractivity contribution in [1.29, 1.82) is 0 Å². The van der Waals surface area contributed by atoms with Gasteiger partial charge in [-0.1, -0.05) is 96.8 Å². The van der Waals surface area contributed by atoms with Gasteiger partial charge in [0, 0.05) is 6.61 Å². The highest BCUT2D eigenvalue weighted by molar-refractivity contribution is 4.59. The van der Waals surface area contributed by atoms with E-state index in [9.17, 15) is 10.2 Å². The van der Waals surface area contributed by atoms with Crippen molar-refractivity contribution in [2.75, 3.05) is 6.61 Å². The molecule has 2 unspecified atom stereocenters. The van der Waals surface area contributed by atoms with E-state index in [1.54, 1.807) is 0 Å². The molecule has 24 heavy (non-hydrogen) atoms. The van der Waals surface area contributed by atoms with Crippen LogP contribution in [0.2, 0.25) is 0 Å². The second kappa shape index (κ2) is 19.2. The van der Waals surface area contributed by atoms with E-state index in [0.717, 1.165) is 12.8 Å². The van der Waals surface area contributed by atoms with Gasteiger partial charge in [-0.05, 0) is 32.1 Å². The lowest BCUT2D eigenvalue weighted by molar-refractivity contribution is 0.180. The molecule has 0 amide bonds. The van der Waals surface area contributed by atoms with Gasteiger partial charge in [0.15, 0.2) is 0 Å². The first-order valence-electron chi connectivity index (χ1n) is 11.0. The predicted octanol–water partition coefficient (Wildman–Crippen LogP) is 6.63. The maximum Gasteiger partial charge on any atom is 0.0512 e. The fourth-order valence-electron chi connectivity index (χ4n) is 3.47. The molecule has 0 radical (unpaired) electrons. The Balaban J connectivity index is 3.31. The second-order valence-corrected chi connectivity index (χ2v) is 7.86. The Hall–Kier alpha value is -0.0800. The number of aliphatic hydroxyl groups excluding tert-OH is 2. The number of hydrogen-bond donors (Lipinski definition) is 2. The van der Waals surface area contributed by atoms with E-state index in [4.69, 9.17) is 0 Å². The Morgan fingerprint density at radius 2 is 0.958 bits per heavy atom. The number of hydrogen-bond acceptors (Lipinski definition) is 2. The van der Waals surface area contributed by atoms with Crippen LogP contribution in [0.15, 0.2) is 0 Å². The SMILES string of the molecule is CCCCCCCCCCC(CO)CCCCCCCCC(C)O. The summed E-state index contributed by atoms with van der Waals surface area (Å²) in [6.07, 6.45) is 21.9. The van der Waals surface area contributed by atoms with Gasteiger partial charge in [0.2, 0.25) is 0 Å². The molecular formula is C22H46O2. The van der Waals surface area contributed by atoms with E-state index in [0.29, 0.717) is 12.5 Å². The number of rotatable bonds is 19. The molecule has 0 fully saturated rings. The lowest BCUT2D eigenvalue weighted by Gasteiger charge is -2.13. The van der Waals surface area contributed by atoms with Crippen molar-refractivity contribution < 1.29 is 10.2 Å². The van der Waals surface area contributed by atoms with Crippen LogP contribution in [0.3, 0.4) is 0 Å². The van der Waals surface area contributed by atoms with Gasteiger partial charge in [-0.25, -0.2) is 0 Å². The highest BCUT2D eigenvalue weighted by Crippen LogP contribution is 2.19. The van der Waals surface area contributed by atoms with Gasteiger partial charge in [-0.3, -0.25) is 0 Å². The Bertz CT molecular complexity index is 228. The summed E-state index contributed by atoms with van der Waals surface area (Å²) < 4.78 is 0. The maximum absolute atomic E-state index is 9.53. The van der Waals surface area contributed by atoms with Crippen LogP contribution in [0.5, 0.6) is 0 Å². The molecular weight excluding hydrogens is 296 g/mol. The zero-order valence-electron chi connectivity index (χ0n) is 16.8. The molecule has 0 spiro atoms. The monoisotopic (exact) mass is 342 g/mol. The van der Waals surface area contributed by atoms with Gasteiger partial charge in [0.05, 0.1) is 6.10 Å². The largest absolute Gasteiger partial charge is 0.396 e. The molecule has 0 aromatic carbocycles. The van der Waals surface area contributed by atoms with E-state index >= 15 is 0 Å². The fraction of sp³-hybridized carbons (Fsp3) is 1.00. The molecule has 0 rings (SSSR count). The number of unbranched alkanes of at least 4 members (excludes halogenated alkanes) is 12. The first kappa shape index (κ1) is 23.9. The highest BCUT2D eigenvalue weighted by Gasteiger charge is 2.07. The fourth-order valence-corrected chi connectivity index (χ4v) is 3.47. The Morgan fingerprint density at radius 1 is 0.583 bits per heavy atom. The van der Waals surface area contributed by atoms with E-state index in [1.807, 2.05) is 6.92 Å². The van der Waals surface area contributed by atoms with Gasteiger partial charge in [-0.2, -0.15) is 0 Å². The van der Waals surface area contributed by atoms with Crippen LogP contribution in [0, 0.1) is 5.92 Å². The molecule has 0 aliphatic heterocycles. The van der Waals surface area contributed by atoms with Gasteiger partial charge < -0.3 is 10.2 Å². The summed E-state index contributed by atoms with van der Waals surface area (Å²) in [5.74, 6) is 0.542. The Morgan fingerprint density at radius 3 is 1.33 bits per heavy atom. The van der Waals surface area contributed by atoms with E-state index in [1.165, 1.54) is 96.3 Å². The molecule has 146 valence electrons. The van der Waals surface area contributed by atoms with Crippen molar-refractivity contribution in [2.45, 2.75) is 129 Å². The highest BCUT2D eigenvalue weighted by atomic mass is 16.3. The van der Waals surface area contributed by atoms with Gasteiger partial charge in [0.25, 0.3) is 0 Å². The van der Waals surface area contributed by atoms with Crippen molar-refractivity contribution in [3.8, 4) is 0 Å². The average Bonchev–Trinajstić information content (AvgIpc) is 2.57. The van der Waals surface area contributed by atoms with E-state index < -0.39 is 0 Å². The molecule has 0 aromatic heterocycles. The molecule has 0 saturated carbocycles. The Kier molecular flexibility index (Phi) is 19.2. The van der Waals surface area contributed by atoms with Crippen LogP contribution in [-0.2, 0) is 0 Å². The average molecular weight is 343 g/mol. The minimum atomic E-state index is -0.133. The Labute approximate surface area is 152 Å². The zero-order chi connectivity index (χ0) is 17.9. The molecule has 0 saturated heterocycles. The normalized spacial score (nSPS) is 14.0. The molecule has 0 aliphatic rings. The second-order valence-electron chi connectivity index (χ2n) is 7.86. The van der Waals surface area contributed by atoms with Crippen LogP contribution in [0.25, 0.3) is 0 Å². The molecule has 0 bridgehead atoms. The molecule has 0 aliphatic carbocycles. The third-order valence-electron chi connectivity index (χ3n) is 5.21. The third kappa shape index (κ3) is 18.3. The molecule has 0 heterocycles. The summed E-state index contributed by atoms with van der Waals surface area (Å²) in [6.45, 7) is 4.53. The predicted molar refractivity (Wildman–Crippen MR) is 106 cm³/mol. The topological polar surface area (TPSA) is 40.5 Å². The zero-order valence-corrected chi connectivity index (χ0v) is 16.8. The molecule has 2 atom stereocenters. The smallest absolute Gasteiger partial charge is 0.0512 e. The van der Waals surface area contributed by atoms with Crippen LogP contribution >= 0.6 is 0 Å². The summed E-state index contributed by atoms with van der Waals surface area (Å²) in [4.78, 5) is 0. The minimum absolute atomic E-state index is 0.133. The summed E-state index contributed by atoms with van der Waals surface area (Å²) >= 11 is 0. The van der Waals surface area contributed by atoms with E-state index in [2.05, 4.69) is 6.92 Å². The van der Waals surface area contributed by atoms with Crippen molar-refractivity contribution in [2.24, 2.45) is 5.92 Å². The first-order chi connectivity index (χ1) is 11.7. The third-order valence-corrected chi connectivity index (χ3v) is 5.21. The van der Waals surface area contributed by atoms with Gasteiger partial charge in [-0.15, -0.1) is 0 Å². The van der Waals surface area contributed by atoms with E-state index in [-0.39, 0.29) is 6.10 Å². The number of aliphatic hydroxyl groups is 2. The quantitative estimate of drug-likeness (QED) is 0.259. The summed E-state index contributed by atoms with van der Waals surface area (Å²) in [6, 6.07) is 0. The standard InChI is InChI=1S/C22H46O2/c1-3-4-5-6-7-8-12-15-18-22(20-23)19-16-13-10-9-11-14-17-21(2)24/h21-24H,3-20H2,1-2H3. The summed E-state index contributed by atoms with van der Waals surface area (Å²) in [5.41, 5.74) is 0. The van der Waals surface area contributed by atoms with Crippen LogP contribution in [-0.4, -0.2) is 22.9 Å². The molecule has 2 nitrogen and oxygen atoms in total. The van der Waals surface area contributed by atoms with Crippen LogP contribution in [0.1, 0.15) is 123 Å².